The molecule has 1 saturated heterocycles. The van der Waals surface area contributed by atoms with E-state index in [2.05, 4.69) is 16.0 Å². The summed E-state index contributed by atoms with van der Waals surface area (Å²) in [5.41, 5.74) is 1.04. The number of nitrogens with zero attached hydrogens (tertiary/aromatic N) is 3. The highest BCUT2D eigenvalue weighted by Crippen LogP contribution is 2.36. The molecule has 0 N–H and O–H groups in total. The molecule has 0 bridgehead atoms. The minimum Gasteiger partial charge on any atom is -0.473 e. The molecule has 112 valence electrons. The number of hydrogen-bond donors (Lipinski definition) is 0. The van der Waals surface area contributed by atoms with E-state index in [1.165, 1.54) is 6.40 Å². The van der Waals surface area contributed by atoms with Crippen molar-refractivity contribution in [2.24, 2.45) is 4.99 Å². The van der Waals surface area contributed by atoms with Gasteiger partial charge in [0.15, 0.2) is 12.5 Å². The van der Waals surface area contributed by atoms with Crippen LogP contribution in [-0.2, 0) is 9.53 Å². The van der Waals surface area contributed by atoms with Gasteiger partial charge in [0.1, 0.15) is 6.04 Å². The molecule has 22 heavy (non-hydrogen) atoms. The van der Waals surface area contributed by atoms with Crippen LogP contribution < -0.4 is 0 Å². The molecular formula is C17H17N3O2. The van der Waals surface area contributed by atoms with Gasteiger partial charge in [-0.15, -0.1) is 0 Å². The van der Waals surface area contributed by atoms with E-state index in [-0.39, 0.29) is 18.2 Å². The van der Waals surface area contributed by atoms with Crippen LogP contribution in [0.4, 0.5) is 0 Å². The number of amides is 1. The zero-order chi connectivity index (χ0) is 14.9. The van der Waals surface area contributed by atoms with Crippen LogP contribution in [0.15, 0.2) is 41.7 Å². The van der Waals surface area contributed by atoms with Crippen LogP contribution in [-0.4, -0.2) is 41.3 Å². The van der Waals surface area contributed by atoms with Crippen LogP contribution in [0.1, 0.15) is 24.5 Å². The highest BCUT2D eigenvalue weighted by atomic mass is 16.5. The Kier molecular flexibility index (Phi) is 3.25. The van der Waals surface area contributed by atoms with Crippen molar-refractivity contribution in [2.75, 3.05) is 6.54 Å². The molecule has 0 saturated carbocycles. The zero-order valence-corrected chi connectivity index (χ0v) is 12.1. The van der Waals surface area contributed by atoms with Gasteiger partial charge in [0.05, 0.1) is 6.04 Å². The minimum atomic E-state index is -0.177. The molecule has 3 heterocycles. The largest absolute Gasteiger partial charge is 0.473 e. The first-order chi connectivity index (χ1) is 10.9. The number of aromatic nitrogens is 1. The predicted molar refractivity (Wildman–Crippen MR) is 83.6 cm³/mol. The number of carbonyl (C=O) groups is 1. The second kappa shape index (κ2) is 5.40. The lowest BCUT2D eigenvalue weighted by Crippen LogP contribution is -2.39. The Labute approximate surface area is 128 Å². The lowest BCUT2D eigenvalue weighted by molar-refractivity contribution is -0.119. The molecule has 0 radical (unpaired) electrons. The number of aliphatic imine (C=N–C) groups is 1. The van der Waals surface area contributed by atoms with Gasteiger partial charge in [-0.05, 0) is 18.2 Å². The molecule has 1 aromatic carbocycles. The van der Waals surface area contributed by atoms with Crippen molar-refractivity contribution < 1.29 is 9.53 Å². The van der Waals surface area contributed by atoms with Crippen LogP contribution in [0.5, 0.6) is 0 Å². The molecule has 0 spiro atoms. The third-order valence-corrected chi connectivity index (χ3v) is 4.63. The normalized spacial score (nSPS) is 27.3. The van der Waals surface area contributed by atoms with E-state index >= 15 is 0 Å². The maximum absolute atomic E-state index is 11.3. The van der Waals surface area contributed by atoms with Crippen LogP contribution in [0.2, 0.25) is 0 Å². The van der Waals surface area contributed by atoms with Gasteiger partial charge < -0.3 is 9.64 Å². The Bertz CT molecular complexity index is 725. The van der Waals surface area contributed by atoms with Crippen molar-refractivity contribution in [1.82, 2.24) is 9.88 Å². The Morgan fingerprint density at radius 1 is 1.27 bits per heavy atom. The Morgan fingerprint density at radius 2 is 2.18 bits per heavy atom. The van der Waals surface area contributed by atoms with Crippen molar-refractivity contribution >= 4 is 23.6 Å². The summed E-state index contributed by atoms with van der Waals surface area (Å²) < 4.78 is 5.79. The summed E-state index contributed by atoms with van der Waals surface area (Å²) in [4.78, 5) is 21.9. The number of benzene rings is 1. The number of carbonyl (C=O) groups excluding carboxylic acids is 1. The minimum absolute atomic E-state index is 0.0553. The summed E-state index contributed by atoms with van der Waals surface area (Å²) in [5, 5.41) is 2.22. The van der Waals surface area contributed by atoms with Crippen molar-refractivity contribution in [3.05, 3.63) is 42.2 Å². The summed E-state index contributed by atoms with van der Waals surface area (Å²) in [6.45, 7) is 0.806. The van der Waals surface area contributed by atoms with Gasteiger partial charge >= 0.3 is 0 Å². The van der Waals surface area contributed by atoms with Crippen LogP contribution >= 0.6 is 0 Å². The van der Waals surface area contributed by atoms with Crippen molar-refractivity contribution in [1.29, 1.82) is 0 Å². The first kappa shape index (κ1) is 13.2. The van der Waals surface area contributed by atoms with Gasteiger partial charge in [-0.25, -0.2) is 4.99 Å². The van der Waals surface area contributed by atoms with Crippen LogP contribution in [0.3, 0.4) is 0 Å². The number of fused-ring (bicyclic) bond motifs is 1. The Morgan fingerprint density at radius 3 is 3.09 bits per heavy atom. The number of hydrogen-bond acceptors (Lipinski definition) is 4. The van der Waals surface area contributed by atoms with E-state index in [1.807, 2.05) is 35.5 Å². The summed E-state index contributed by atoms with van der Waals surface area (Å²) in [6.07, 6.45) is 7.99. The average molecular weight is 295 g/mol. The summed E-state index contributed by atoms with van der Waals surface area (Å²) in [6, 6.07) is 8.20. The van der Waals surface area contributed by atoms with Crippen LogP contribution in [0, 0.1) is 0 Å². The number of ether oxygens (including phenoxy) is 1. The van der Waals surface area contributed by atoms with E-state index < -0.39 is 0 Å². The molecule has 5 heteroatoms. The Hall–Kier alpha value is -2.43. The first-order valence-electron chi connectivity index (χ1n) is 7.59. The summed E-state index contributed by atoms with van der Waals surface area (Å²) in [5.74, 6) is 0. The topological polar surface area (TPSA) is 54.8 Å². The SMILES string of the molecule is O=CN1CCCC1C1N=COC1c1cncc2ccccc12. The summed E-state index contributed by atoms with van der Waals surface area (Å²) >= 11 is 0. The van der Waals surface area contributed by atoms with Gasteiger partial charge in [-0.3, -0.25) is 9.78 Å². The lowest BCUT2D eigenvalue weighted by atomic mass is 9.93. The van der Waals surface area contributed by atoms with Gasteiger partial charge in [0.2, 0.25) is 6.41 Å². The van der Waals surface area contributed by atoms with E-state index in [9.17, 15) is 4.79 Å². The van der Waals surface area contributed by atoms with E-state index in [1.54, 1.807) is 0 Å². The monoisotopic (exact) mass is 295 g/mol. The molecule has 1 amide bonds. The molecule has 0 aliphatic carbocycles. The first-order valence-corrected chi connectivity index (χ1v) is 7.59. The van der Waals surface area contributed by atoms with E-state index in [0.717, 1.165) is 42.1 Å². The van der Waals surface area contributed by atoms with Crippen molar-refractivity contribution in [2.45, 2.75) is 31.0 Å². The quantitative estimate of drug-likeness (QED) is 0.817. The highest BCUT2D eigenvalue weighted by molar-refractivity contribution is 5.85. The van der Waals surface area contributed by atoms with Crippen molar-refractivity contribution in [3.8, 4) is 0 Å². The third kappa shape index (κ3) is 2.04. The molecule has 4 rings (SSSR count). The van der Waals surface area contributed by atoms with E-state index in [0.29, 0.717) is 0 Å². The number of rotatable bonds is 3. The molecular weight excluding hydrogens is 278 g/mol. The fourth-order valence-electron chi connectivity index (χ4n) is 3.57. The molecule has 2 aliphatic heterocycles. The lowest BCUT2D eigenvalue weighted by Gasteiger charge is -2.28. The zero-order valence-electron chi connectivity index (χ0n) is 12.1. The number of likely N-dealkylation sites (tertiary alicyclic amines) is 1. The Balaban J connectivity index is 1.73. The average Bonchev–Trinajstić information content (AvgIpc) is 3.22. The number of pyridine rings is 1. The maximum atomic E-state index is 11.3. The molecule has 3 unspecified atom stereocenters. The highest BCUT2D eigenvalue weighted by Gasteiger charge is 2.40. The second-order valence-electron chi connectivity index (χ2n) is 5.80. The second-order valence-corrected chi connectivity index (χ2v) is 5.80. The van der Waals surface area contributed by atoms with Gasteiger partial charge in [0.25, 0.3) is 0 Å². The fourth-order valence-corrected chi connectivity index (χ4v) is 3.57. The van der Waals surface area contributed by atoms with Gasteiger partial charge in [-0.1, -0.05) is 24.3 Å². The van der Waals surface area contributed by atoms with Crippen LogP contribution in [0.25, 0.3) is 10.8 Å². The molecule has 3 atom stereocenters. The van der Waals surface area contributed by atoms with Crippen molar-refractivity contribution in [3.63, 3.8) is 0 Å². The van der Waals surface area contributed by atoms with Gasteiger partial charge in [-0.2, -0.15) is 0 Å². The van der Waals surface area contributed by atoms with Gasteiger partial charge in [0, 0.05) is 29.9 Å². The van der Waals surface area contributed by atoms with E-state index in [4.69, 9.17) is 4.74 Å². The molecule has 1 aromatic heterocycles. The standard InChI is InChI=1S/C17H17N3O2/c21-11-20-7-3-6-15(20)16-17(22-10-19-16)14-9-18-8-12-4-1-2-5-13(12)14/h1-2,4-5,8-11,15-17H,3,6-7H2. The summed E-state index contributed by atoms with van der Waals surface area (Å²) in [7, 11) is 0. The fraction of sp³-hybridized carbons (Fsp3) is 0.353. The third-order valence-electron chi connectivity index (χ3n) is 4.63. The predicted octanol–water partition coefficient (Wildman–Crippen LogP) is 2.32. The smallest absolute Gasteiger partial charge is 0.210 e. The molecule has 1 fully saturated rings. The molecule has 2 aliphatic rings. The molecule has 2 aromatic rings. The molecule has 5 nitrogen and oxygen atoms in total. The maximum Gasteiger partial charge on any atom is 0.210 e.